The second-order valence-electron chi connectivity index (χ2n) is 5.59. The zero-order chi connectivity index (χ0) is 18.8. The van der Waals surface area contributed by atoms with Crippen LogP contribution in [0.3, 0.4) is 0 Å². The van der Waals surface area contributed by atoms with Gasteiger partial charge >= 0.3 is 0 Å². The normalized spacial score (nSPS) is 10.1. The van der Waals surface area contributed by atoms with Gasteiger partial charge in [-0.1, -0.05) is 12.1 Å². The summed E-state index contributed by atoms with van der Waals surface area (Å²) in [5.74, 6) is 0.992. The number of carbonyl (C=O) groups is 2. The molecule has 0 spiro atoms. The van der Waals surface area contributed by atoms with Crippen LogP contribution in [0.4, 0.5) is 0 Å². The lowest BCUT2D eigenvalue weighted by atomic mass is 10.1. The molecule has 2 amide bonds. The highest BCUT2D eigenvalue weighted by molar-refractivity contribution is 5.96. The number of nitrogens with one attached hydrogen (secondary N) is 2. The van der Waals surface area contributed by atoms with E-state index in [-0.39, 0.29) is 18.4 Å². The van der Waals surface area contributed by atoms with Crippen molar-refractivity contribution < 1.29 is 19.1 Å². The van der Waals surface area contributed by atoms with Crippen molar-refractivity contribution in [1.82, 2.24) is 10.6 Å². The van der Waals surface area contributed by atoms with Crippen molar-refractivity contribution in [2.45, 2.75) is 13.3 Å². The fourth-order valence-corrected chi connectivity index (χ4v) is 2.33. The SMILES string of the molecule is CCOc1ccc(C(=O)NCC(=O)NCCc2ccc(OC)cc2)cc1. The summed E-state index contributed by atoms with van der Waals surface area (Å²) < 4.78 is 10.4. The van der Waals surface area contributed by atoms with Crippen LogP contribution in [0.2, 0.25) is 0 Å². The second kappa shape index (κ2) is 10.1. The van der Waals surface area contributed by atoms with Gasteiger partial charge < -0.3 is 20.1 Å². The molecule has 0 aliphatic rings. The average molecular weight is 356 g/mol. The van der Waals surface area contributed by atoms with Gasteiger partial charge in [0.05, 0.1) is 20.3 Å². The number of hydrogen-bond acceptors (Lipinski definition) is 4. The molecule has 6 heteroatoms. The molecule has 0 fully saturated rings. The van der Waals surface area contributed by atoms with E-state index in [2.05, 4.69) is 10.6 Å². The van der Waals surface area contributed by atoms with Crippen LogP contribution in [-0.4, -0.2) is 38.6 Å². The smallest absolute Gasteiger partial charge is 0.251 e. The molecule has 0 atom stereocenters. The summed E-state index contributed by atoms with van der Waals surface area (Å²) in [6.07, 6.45) is 0.711. The van der Waals surface area contributed by atoms with E-state index in [1.165, 1.54) is 0 Å². The summed E-state index contributed by atoms with van der Waals surface area (Å²) in [7, 11) is 1.62. The van der Waals surface area contributed by atoms with Crippen LogP contribution in [0.25, 0.3) is 0 Å². The Morgan fingerprint density at radius 3 is 2.19 bits per heavy atom. The first-order valence-electron chi connectivity index (χ1n) is 8.53. The minimum Gasteiger partial charge on any atom is -0.497 e. The average Bonchev–Trinajstić information content (AvgIpc) is 2.67. The van der Waals surface area contributed by atoms with Gasteiger partial charge in [0.2, 0.25) is 5.91 Å². The minimum absolute atomic E-state index is 0.0609. The summed E-state index contributed by atoms with van der Waals surface area (Å²) in [5.41, 5.74) is 1.59. The van der Waals surface area contributed by atoms with Gasteiger partial charge in [-0.3, -0.25) is 9.59 Å². The van der Waals surface area contributed by atoms with Crippen molar-refractivity contribution in [1.29, 1.82) is 0 Å². The number of methoxy groups -OCH3 is 1. The van der Waals surface area contributed by atoms with Crippen molar-refractivity contribution in [2.24, 2.45) is 0 Å². The van der Waals surface area contributed by atoms with Crippen molar-refractivity contribution in [3.05, 3.63) is 59.7 Å². The predicted molar refractivity (Wildman–Crippen MR) is 99.7 cm³/mol. The first-order valence-corrected chi connectivity index (χ1v) is 8.53. The van der Waals surface area contributed by atoms with E-state index in [1.54, 1.807) is 31.4 Å². The van der Waals surface area contributed by atoms with E-state index in [9.17, 15) is 9.59 Å². The molecule has 26 heavy (non-hydrogen) atoms. The molecule has 138 valence electrons. The topological polar surface area (TPSA) is 76.7 Å². The van der Waals surface area contributed by atoms with E-state index in [1.807, 2.05) is 31.2 Å². The Morgan fingerprint density at radius 1 is 0.923 bits per heavy atom. The van der Waals surface area contributed by atoms with Gasteiger partial charge in [0, 0.05) is 12.1 Å². The maximum Gasteiger partial charge on any atom is 0.251 e. The first kappa shape index (κ1) is 19.3. The quantitative estimate of drug-likeness (QED) is 0.722. The summed E-state index contributed by atoms with van der Waals surface area (Å²) in [6, 6.07) is 14.5. The molecule has 0 aliphatic carbocycles. The highest BCUT2D eigenvalue weighted by Crippen LogP contribution is 2.12. The van der Waals surface area contributed by atoms with Crippen LogP contribution < -0.4 is 20.1 Å². The third-order valence-electron chi connectivity index (χ3n) is 3.73. The monoisotopic (exact) mass is 356 g/mol. The van der Waals surface area contributed by atoms with E-state index in [4.69, 9.17) is 9.47 Å². The number of carbonyl (C=O) groups excluding carboxylic acids is 2. The summed E-state index contributed by atoms with van der Waals surface area (Å²) >= 11 is 0. The third-order valence-corrected chi connectivity index (χ3v) is 3.73. The van der Waals surface area contributed by atoms with Gasteiger partial charge in [-0.2, -0.15) is 0 Å². The zero-order valence-corrected chi connectivity index (χ0v) is 15.1. The highest BCUT2D eigenvalue weighted by atomic mass is 16.5. The Hall–Kier alpha value is -3.02. The molecule has 0 saturated heterocycles. The molecule has 0 bridgehead atoms. The number of ether oxygens (including phenoxy) is 2. The largest absolute Gasteiger partial charge is 0.497 e. The Kier molecular flexibility index (Phi) is 7.49. The Morgan fingerprint density at radius 2 is 1.58 bits per heavy atom. The lowest BCUT2D eigenvalue weighted by Crippen LogP contribution is -2.37. The Bertz CT molecular complexity index is 712. The molecule has 0 aliphatic heterocycles. The number of rotatable bonds is 9. The van der Waals surface area contributed by atoms with Crippen LogP contribution in [-0.2, 0) is 11.2 Å². The second-order valence-corrected chi connectivity index (χ2v) is 5.59. The van der Waals surface area contributed by atoms with Crippen LogP contribution in [0.15, 0.2) is 48.5 Å². The van der Waals surface area contributed by atoms with E-state index in [0.717, 1.165) is 11.3 Å². The molecule has 2 rings (SSSR count). The maximum absolute atomic E-state index is 12.0. The van der Waals surface area contributed by atoms with Crippen LogP contribution in [0, 0.1) is 0 Å². The fraction of sp³-hybridized carbons (Fsp3) is 0.300. The summed E-state index contributed by atoms with van der Waals surface area (Å²) in [6.45, 7) is 2.91. The molecular formula is C20H24N2O4. The Balaban J connectivity index is 1.69. The maximum atomic E-state index is 12.0. The standard InChI is InChI=1S/C20H24N2O4/c1-3-26-18-10-6-16(7-11-18)20(24)22-14-19(23)21-13-12-15-4-8-17(25-2)9-5-15/h4-11H,3,12-14H2,1-2H3,(H,21,23)(H,22,24). The van der Waals surface area contributed by atoms with Gasteiger partial charge in [-0.25, -0.2) is 0 Å². The predicted octanol–water partition coefficient (Wildman–Crippen LogP) is 2.18. The molecule has 2 aromatic carbocycles. The van der Waals surface area contributed by atoms with Gasteiger partial charge in [-0.05, 0) is 55.3 Å². The van der Waals surface area contributed by atoms with Gasteiger partial charge in [0.25, 0.3) is 5.91 Å². The fourth-order valence-electron chi connectivity index (χ4n) is 2.33. The van der Waals surface area contributed by atoms with Crippen LogP contribution in [0.1, 0.15) is 22.8 Å². The number of hydrogen-bond donors (Lipinski definition) is 2. The number of amides is 2. The summed E-state index contributed by atoms with van der Waals surface area (Å²) in [4.78, 5) is 23.9. The van der Waals surface area contributed by atoms with Crippen molar-refractivity contribution >= 4 is 11.8 Å². The molecule has 0 aromatic heterocycles. The van der Waals surface area contributed by atoms with E-state index in [0.29, 0.717) is 30.9 Å². The molecule has 0 saturated carbocycles. The molecule has 0 unspecified atom stereocenters. The first-order chi connectivity index (χ1) is 12.6. The van der Waals surface area contributed by atoms with Gasteiger partial charge in [0.15, 0.2) is 0 Å². The molecule has 2 N–H and O–H groups in total. The van der Waals surface area contributed by atoms with Crippen molar-refractivity contribution in [2.75, 3.05) is 26.8 Å². The molecule has 0 radical (unpaired) electrons. The van der Waals surface area contributed by atoms with E-state index < -0.39 is 0 Å². The Labute approximate surface area is 153 Å². The van der Waals surface area contributed by atoms with Crippen molar-refractivity contribution in [3.8, 4) is 11.5 Å². The zero-order valence-electron chi connectivity index (χ0n) is 15.1. The highest BCUT2D eigenvalue weighted by Gasteiger charge is 2.08. The molecule has 0 heterocycles. The molecule has 2 aromatic rings. The van der Waals surface area contributed by atoms with Gasteiger partial charge in [0.1, 0.15) is 11.5 Å². The van der Waals surface area contributed by atoms with Crippen LogP contribution >= 0.6 is 0 Å². The lowest BCUT2D eigenvalue weighted by molar-refractivity contribution is -0.120. The summed E-state index contributed by atoms with van der Waals surface area (Å²) in [5, 5.41) is 5.39. The van der Waals surface area contributed by atoms with E-state index >= 15 is 0 Å². The third kappa shape index (κ3) is 6.12. The lowest BCUT2D eigenvalue weighted by Gasteiger charge is -2.08. The van der Waals surface area contributed by atoms with Gasteiger partial charge in [-0.15, -0.1) is 0 Å². The van der Waals surface area contributed by atoms with Crippen LogP contribution in [0.5, 0.6) is 11.5 Å². The molecular weight excluding hydrogens is 332 g/mol. The molecule has 6 nitrogen and oxygen atoms in total. The minimum atomic E-state index is -0.293. The van der Waals surface area contributed by atoms with Crippen molar-refractivity contribution in [3.63, 3.8) is 0 Å². The number of benzene rings is 2.